The van der Waals surface area contributed by atoms with Gasteiger partial charge in [-0.3, -0.25) is 9.00 Å². The minimum absolute atomic E-state index is 0.209. The van der Waals surface area contributed by atoms with Crippen LogP contribution in [-0.2, 0) is 11.3 Å². The Balaban J connectivity index is 1.89. The van der Waals surface area contributed by atoms with E-state index in [1.807, 2.05) is 11.0 Å². The number of aromatic nitrogens is 2. The summed E-state index contributed by atoms with van der Waals surface area (Å²) >= 11 is 3.82. The fourth-order valence-electron chi connectivity index (χ4n) is 3.22. The first-order valence-corrected chi connectivity index (χ1v) is 11.1. The number of benzene rings is 1. The monoisotopic (exact) mass is 451 g/mol. The second-order valence-corrected chi connectivity index (χ2v) is 8.21. The lowest BCUT2D eigenvalue weighted by Gasteiger charge is -2.36. The Morgan fingerprint density at radius 1 is 1.27 bits per heavy atom. The summed E-state index contributed by atoms with van der Waals surface area (Å²) in [5.41, 5.74) is 0.730. The van der Waals surface area contributed by atoms with Gasteiger partial charge in [0.15, 0.2) is 0 Å². The van der Waals surface area contributed by atoms with Gasteiger partial charge in [-0.2, -0.15) is 9.78 Å². The van der Waals surface area contributed by atoms with Gasteiger partial charge in [-0.25, -0.2) is 4.31 Å². The normalized spacial score (nSPS) is 15.7. The average Bonchev–Trinajstić information content (AvgIpc) is 2.74. The molecule has 1 unspecified atom stereocenters. The third kappa shape index (κ3) is 5.48. The molecule has 1 atom stereocenters. The zero-order valence-corrected chi connectivity index (χ0v) is 18.1. The molecule has 1 aromatic heterocycles. The number of unbranched alkanes of at least 4 members (excludes halogenated alkanes) is 2. The number of hydrogen-bond donors (Lipinski definition) is 0. The van der Waals surface area contributed by atoms with Crippen molar-refractivity contribution in [3.8, 4) is 11.4 Å². The van der Waals surface area contributed by atoms with Crippen molar-refractivity contribution in [3.63, 3.8) is 0 Å². The van der Waals surface area contributed by atoms with Crippen LogP contribution >= 0.6 is 11.6 Å². The van der Waals surface area contributed by atoms with Crippen molar-refractivity contribution >= 4 is 28.6 Å². The van der Waals surface area contributed by atoms with Gasteiger partial charge >= 0.3 is 5.56 Å². The van der Waals surface area contributed by atoms with Gasteiger partial charge in [0.2, 0.25) is 5.75 Å². The van der Waals surface area contributed by atoms with Crippen molar-refractivity contribution < 1.29 is 13.5 Å². The lowest BCUT2D eigenvalue weighted by atomic mass is 10.2. The smallest absolute Gasteiger partial charge is 0.316 e. The molecule has 0 aliphatic carbocycles. The zero-order valence-electron chi connectivity index (χ0n) is 16.5. The zero-order chi connectivity index (χ0) is 21.5. The largest absolute Gasteiger partial charge is 0.760 e. The number of anilines is 1. The topological polar surface area (TPSA) is 90.7 Å². The van der Waals surface area contributed by atoms with Crippen LogP contribution < -0.4 is 15.2 Å². The predicted molar refractivity (Wildman–Crippen MR) is 117 cm³/mol. The molecule has 1 fully saturated rings. The summed E-state index contributed by atoms with van der Waals surface area (Å²) in [6, 6.07) is 6.88. The average molecular weight is 452 g/mol. The van der Waals surface area contributed by atoms with Gasteiger partial charge in [0.25, 0.3) is 0 Å². The van der Waals surface area contributed by atoms with Gasteiger partial charge < -0.3 is 14.2 Å². The Kier molecular flexibility index (Phi) is 8.03. The second kappa shape index (κ2) is 10.7. The molecule has 1 aliphatic heterocycles. The van der Waals surface area contributed by atoms with E-state index in [2.05, 4.69) is 11.7 Å². The van der Waals surface area contributed by atoms with Crippen LogP contribution in [0.5, 0.6) is 5.75 Å². The summed E-state index contributed by atoms with van der Waals surface area (Å²) in [5.74, 6) is 0.209. The van der Waals surface area contributed by atoms with Crippen LogP contribution in [0.25, 0.3) is 5.69 Å². The molecular formula is C20H24ClN4O4S-. The van der Waals surface area contributed by atoms with E-state index >= 15 is 0 Å². The van der Waals surface area contributed by atoms with Crippen molar-refractivity contribution in [3.05, 3.63) is 58.5 Å². The first-order valence-electron chi connectivity index (χ1n) is 9.72. The summed E-state index contributed by atoms with van der Waals surface area (Å²) in [5, 5.41) is 4.81. The number of allylic oxidation sites excluding steroid dienone is 1. The van der Waals surface area contributed by atoms with Crippen LogP contribution in [0.1, 0.15) is 19.3 Å². The molecule has 2 aromatic rings. The molecule has 30 heavy (non-hydrogen) atoms. The van der Waals surface area contributed by atoms with Crippen molar-refractivity contribution in [2.24, 2.45) is 0 Å². The molecule has 0 spiro atoms. The van der Waals surface area contributed by atoms with E-state index in [4.69, 9.17) is 16.3 Å². The van der Waals surface area contributed by atoms with E-state index in [0.29, 0.717) is 49.2 Å². The molecule has 1 aliphatic rings. The van der Waals surface area contributed by atoms with Gasteiger partial charge in [-0.1, -0.05) is 23.7 Å². The fourth-order valence-corrected chi connectivity index (χ4v) is 3.87. The van der Waals surface area contributed by atoms with E-state index < -0.39 is 11.3 Å². The maximum Gasteiger partial charge on any atom is 0.316 e. The molecule has 2 heterocycles. The van der Waals surface area contributed by atoms with Crippen LogP contribution in [0, 0.1) is 0 Å². The van der Waals surface area contributed by atoms with Crippen LogP contribution in [-0.4, -0.2) is 55.6 Å². The molecule has 0 amide bonds. The molecule has 162 valence electrons. The maximum atomic E-state index is 13.2. The lowest BCUT2D eigenvalue weighted by Crippen LogP contribution is -2.47. The highest BCUT2D eigenvalue weighted by Crippen LogP contribution is 2.26. The van der Waals surface area contributed by atoms with E-state index in [1.54, 1.807) is 30.5 Å². The van der Waals surface area contributed by atoms with E-state index in [9.17, 15) is 13.6 Å². The van der Waals surface area contributed by atoms with E-state index in [1.165, 1.54) is 8.99 Å². The number of halogens is 1. The summed E-state index contributed by atoms with van der Waals surface area (Å²) < 4.78 is 30.9. The molecule has 1 saturated heterocycles. The summed E-state index contributed by atoms with van der Waals surface area (Å²) in [6.45, 7) is 5.67. The van der Waals surface area contributed by atoms with Crippen molar-refractivity contribution in [2.75, 3.05) is 37.7 Å². The van der Waals surface area contributed by atoms with Crippen molar-refractivity contribution in [1.82, 2.24) is 14.1 Å². The van der Waals surface area contributed by atoms with E-state index in [0.717, 1.165) is 19.3 Å². The molecular weight excluding hydrogens is 428 g/mol. The molecule has 1 aromatic carbocycles. The second-order valence-electron chi connectivity index (χ2n) is 6.82. The first kappa shape index (κ1) is 22.5. The van der Waals surface area contributed by atoms with E-state index in [-0.39, 0.29) is 11.3 Å². The Labute approximate surface area is 183 Å². The number of ether oxygens (including phenoxy) is 1. The molecule has 0 bridgehead atoms. The summed E-state index contributed by atoms with van der Waals surface area (Å²) in [7, 11) is 0. The molecule has 0 N–H and O–H groups in total. The Bertz CT molecular complexity index is 960. The third-order valence-corrected chi connectivity index (χ3v) is 5.83. The number of nitrogens with zero attached hydrogens (tertiary/aromatic N) is 4. The Morgan fingerprint density at radius 3 is 2.70 bits per heavy atom. The minimum atomic E-state index is -2.25. The molecule has 3 rings (SSSR count). The SMILES string of the molecule is C=CCCCCOc1c(N2CCN(S(=O)[O-])CC2)cnn(-c2cccc(Cl)c2)c1=O. The molecule has 0 saturated carbocycles. The van der Waals surface area contributed by atoms with Gasteiger partial charge in [-0.05, 0) is 37.5 Å². The standard InChI is InChI=1S/C20H25ClN4O4S/c1-2-3-4-5-13-29-19-18(23-9-11-24(12-10-23)30(27)28)15-22-25(20(19)26)17-8-6-7-16(21)14-17/h2,6-8,14-15H,1,3-5,9-13H2,(H,27,28)/p-1. The van der Waals surface area contributed by atoms with Crippen molar-refractivity contribution in [2.45, 2.75) is 19.3 Å². The fraction of sp³-hybridized carbons (Fsp3) is 0.400. The number of hydrogen-bond acceptors (Lipinski definition) is 6. The summed E-state index contributed by atoms with van der Waals surface area (Å²) in [4.78, 5) is 15.1. The van der Waals surface area contributed by atoms with Gasteiger partial charge in [0.05, 0.1) is 18.5 Å². The number of piperazine rings is 1. The lowest BCUT2D eigenvalue weighted by molar-refractivity contribution is 0.299. The molecule has 10 heteroatoms. The molecule has 8 nitrogen and oxygen atoms in total. The number of rotatable bonds is 9. The van der Waals surface area contributed by atoms with Crippen LogP contribution in [0.4, 0.5) is 5.69 Å². The third-order valence-electron chi connectivity index (χ3n) is 4.81. The van der Waals surface area contributed by atoms with Crippen LogP contribution in [0.15, 0.2) is 47.9 Å². The maximum absolute atomic E-state index is 13.2. The highest BCUT2D eigenvalue weighted by atomic mass is 35.5. The van der Waals surface area contributed by atoms with Crippen LogP contribution in [0.3, 0.4) is 0 Å². The summed E-state index contributed by atoms with van der Waals surface area (Å²) in [6.07, 6.45) is 6.02. The highest BCUT2D eigenvalue weighted by Gasteiger charge is 2.23. The Hall–Kier alpha value is -2.20. The van der Waals surface area contributed by atoms with Gasteiger partial charge in [-0.15, -0.1) is 6.58 Å². The molecule has 0 radical (unpaired) electrons. The van der Waals surface area contributed by atoms with Gasteiger partial charge in [0, 0.05) is 42.5 Å². The van der Waals surface area contributed by atoms with Gasteiger partial charge in [0.1, 0.15) is 5.69 Å². The Morgan fingerprint density at radius 2 is 2.03 bits per heavy atom. The van der Waals surface area contributed by atoms with Crippen molar-refractivity contribution in [1.29, 1.82) is 0 Å². The quantitative estimate of drug-likeness (QED) is 0.330. The minimum Gasteiger partial charge on any atom is -0.760 e. The highest BCUT2D eigenvalue weighted by molar-refractivity contribution is 7.76. The predicted octanol–water partition coefficient (Wildman–Crippen LogP) is 2.54. The van der Waals surface area contributed by atoms with Crippen LogP contribution in [0.2, 0.25) is 5.02 Å². The first-order chi connectivity index (χ1) is 14.5.